The molecule has 8 heteroatoms. The van der Waals surface area contributed by atoms with Crippen LogP contribution in [0.2, 0.25) is 0 Å². The number of aromatic nitrogens is 2. The van der Waals surface area contributed by atoms with Gasteiger partial charge in [0.25, 0.3) is 5.89 Å². The van der Waals surface area contributed by atoms with Crippen LogP contribution >= 0.6 is 12.4 Å². The van der Waals surface area contributed by atoms with Crippen LogP contribution in [-0.2, 0) is 0 Å². The molecule has 0 bridgehead atoms. The zero-order valence-electron chi connectivity index (χ0n) is 12.4. The number of rotatable bonds is 3. The molecule has 120 valence electrons. The van der Waals surface area contributed by atoms with Gasteiger partial charge in [-0.1, -0.05) is 5.16 Å². The van der Waals surface area contributed by atoms with Gasteiger partial charge >= 0.3 is 0 Å². The van der Waals surface area contributed by atoms with Crippen LogP contribution in [0.4, 0.5) is 4.39 Å². The number of hydrogen-bond donors (Lipinski definition) is 1. The van der Waals surface area contributed by atoms with Crippen LogP contribution < -0.4 is 10.1 Å². The lowest BCUT2D eigenvalue weighted by Gasteiger charge is -2.30. The molecule has 1 unspecified atom stereocenters. The molecule has 1 atom stereocenters. The van der Waals surface area contributed by atoms with Crippen molar-refractivity contribution in [2.24, 2.45) is 0 Å². The van der Waals surface area contributed by atoms with Gasteiger partial charge in [0.1, 0.15) is 11.6 Å². The second kappa shape index (κ2) is 7.04. The predicted molar refractivity (Wildman–Crippen MR) is 81.7 cm³/mol. The van der Waals surface area contributed by atoms with E-state index in [-0.39, 0.29) is 29.9 Å². The van der Waals surface area contributed by atoms with E-state index in [0.29, 0.717) is 11.6 Å². The molecule has 1 aromatic heterocycles. The molecule has 22 heavy (non-hydrogen) atoms. The van der Waals surface area contributed by atoms with Gasteiger partial charge in [0.05, 0.1) is 18.7 Å². The van der Waals surface area contributed by atoms with Crippen LogP contribution in [0.5, 0.6) is 5.75 Å². The van der Waals surface area contributed by atoms with Gasteiger partial charge in [0, 0.05) is 25.7 Å². The number of nitrogens with one attached hydrogen (secondary N) is 1. The number of methoxy groups -OCH3 is 1. The summed E-state index contributed by atoms with van der Waals surface area (Å²) in [6.45, 7) is 2.59. The largest absolute Gasteiger partial charge is 0.497 e. The van der Waals surface area contributed by atoms with Crippen molar-refractivity contribution in [3.05, 3.63) is 29.8 Å². The predicted octanol–water partition coefficient (Wildman–Crippen LogP) is 1.88. The van der Waals surface area contributed by atoms with Crippen LogP contribution in [0.3, 0.4) is 0 Å². The minimum absolute atomic E-state index is 0. The van der Waals surface area contributed by atoms with Gasteiger partial charge in [-0.3, -0.25) is 4.90 Å². The van der Waals surface area contributed by atoms with E-state index in [1.807, 2.05) is 7.05 Å². The maximum atomic E-state index is 14.0. The molecule has 1 N–H and O–H groups in total. The Kier molecular flexibility index (Phi) is 5.33. The van der Waals surface area contributed by atoms with E-state index in [1.165, 1.54) is 13.2 Å². The van der Waals surface area contributed by atoms with Crippen molar-refractivity contribution in [2.75, 3.05) is 33.8 Å². The SMILES string of the molecule is COc1ccc(-c2nc(C3CNCCN3C)no2)c(F)c1.Cl. The number of likely N-dealkylation sites (N-methyl/N-ethyl adjacent to an activating group) is 1. The van der Waals surface area contributed by atoms with E-state index in [9.17, 15) is 4.39 Å². The van der Waals surface area contributed by atoms with Crippen molar-refractivity contribution in [1.29, 1.82) is 0 Å². The van der Waals surface area contributed by atoms with Crippen LogP contribution in [0.15, 0.2) is 22.7 Å². The Balaban J connectivity index is 0.00000176. The molecule has 1 aromatic carbocycles. The molecule has 1 fully saturated rings. The van der Waals surface area contributed by atoms with Crippen molar-refractivity contribution in [2.45, 2.75) is 6.04 Å². The topological polar surface area (TPSA) is 63.4 Å². The Bertz CT molecular complexity index is 637. The first-order valence-electron chi connectivity index (χ1n) is 6.77. The lowest BCUT2D eigenvalue weighted by atomic mass is 10.2. The first-order chi connectivity index (χ1) is 10.2. The molecule has 0 radical (unpaired) electrons. The number of nitrogens with zero attached hydrogens (tertiary/aromatic N) is 3. The Morgan fingerprint density at radius 3 is 2.95 bits per heavy atom. The highest BCUT2D eigenvalue weighted by Gasteiger charge is 2.26. The highest BCUT2D eigenvalue weighted by molar-refractivity contribution is 5.85. The summed E-state index contributed by atoms with van der Waals surface area (Å²) < 4.78 is 24.2. The van der Waals surface area contributed by atoms with Gasteiger partial charge in [-0.2, -0.15) is 4.98 Å². The summed E-state index contributed by atoms with van der Waals surface area (Å²) in [6, 6.07) is 4.58. The lowest BCUT2D eigenvalue weighted by molar-refractivity contribution is 0.190. The second-order valence-corrected chi connectivity index (χ2v) is 5.00. The Morgan fingerprint density at radius 2 is 2.27 bits per heavy atom. The molecule has 1 aliphatic heterocycles. The Morgan fingerprint density at radius 1 is 1.45 bits per heavy atom. The van der Waals surface area contributed by atoms with Crippen molar-refractivity contribution >= 4 is 12.4 Å². The van der Waals surface area contributed by atoms with E-state index in [2.05, 4.69) is 20.4 Å². The number of halogens is 2. The summed E-state index contributed by atoms with van der Waals surface area (Å²) >= 11 is 0. The summed E-state index contributed by atoms with van der Waals surface area (Å²) in [7, 11) is 3.50. The van der Waals surface area contributed by atoms with Gasteiger partial charge in [-0.05, 0) is 19.2 Å². The van der Waals surface area contributed by atoms with Crippen molar-refractivity contribution in [3.8, 4) is 17.2 Å². The molecular formula is C14H18ClFN4O2. The molecule has 0 saturated carbocycles. The quantitative estimate of drug-likeness (QED) is 0.928. The first-order valence-corrected chi connectivity index (χ1v) is 6.77. The molecule has 2 aromatic rings. The minimum Gasteiger partial charge on any atom is -0.497 e. The van der Waals surface area contributed by atoms with Gasteiger partial charge in [-0.25, -0.2) is 4.39 Å². The highest BCUT2D eigenvalue weighted by atomic mass is 35.5. The molecule has 0 amide bonds. The van der Waals surface area contributed by atoms with E-state index in [0.717, 1.165) is 19.6 Å². The molecule has 3 rings (SSSR count). The number of hydrogen-bond acceptors (Lipinski definition) is 6. The van der Waals surface area contributed by atoms with Crippen molar-refractivity contribution in [1.82, 2.24) is 20.4 Å². The molecule has 1 aliphatic rings. The van der Waals surface area contributed by atoms with E-state index in [1.54, 1.807) is 12.1 Å². The average molecular weight is 329 g/mol. The number of benzene rings is 1. The monoisotopic (exact) mass is 328 g/mol. The van der Waals surface area contributed by atoms with E-state index < -0.39 is 5.82 Å². The van der Waals surface area contributed by atoms with Crippen LogP contribution in [-0.4, -0.2) is 48.8 Å². The smallest absolute Gasteiger partial charge is 0.260 e. The van der Waals surface area contributed by atoms with Crippen LogP contribution in [0.25, 0.3) is 11.5 Å². The Labute approximate surface area is 134 Å². The van der Waals surface area contributed by atoms with Crippen LogP contribution in [0.1, 0.15) is 11.9 Å². The Hall–Kier alpha value is -1.70. The minimum atomic E-state index is -0.445. The first kappa shape index (κ1) is 16.7. The molecule has 0 spiro atoms. The van der Waals surface area contributed by atoms with Crippen LogP contribution in [0, 0.1) is 5.82 Å². The lowest BCUT2D eigenvalue weighted by Crippen LogP contribution is -2.44. The van der Waals surface area contributed by atoms with Gasteiger partial charge < -0.3 is 14.6 Å². The maximum absolute atomic E-state index is 14.0. The summed E-state index contributed by atoms with van der Waals surface area (Å²) in [5.41, 5.74) is 0.279. The molecule has 6 nitrogen and oxygen atoms in total. The van der Waals surface area contributed by atoms with E-state index in [4.69, 9.17) is 9.26 Å². The fraction of sp³-hybridized carbons (Fsp3) is 0.429. The number of piperazine rings is 1. The standard InChI is InChI=1S/C14H17FN4O2.ClH/c1-19-6-5-16-8-12(19)13-17-14(21-18-13)10-4-3-9(20-2)7-11(10)15;/h3-4,7,12,16H,5-6,8H2,1-2H3;1H. The van der Waals surface area contributed by atoms with Gasteiger partial charge in [0.2, 0.25) is 0 Å². The zero-order chi connectivity index (χ0) is 14.8. The third kappa shape index (κ3) is 3.21. The van der Waals surface area contributed by atoms with Gasteiger partial charge in [0.15, 0.2) is 5.82 Å². The molecule has 2 heterocycles. The van der Waals surface area contributed by atoms with Crippen molar-refractivity contribution in [3.63, 3.8) is 0 Å². The molecular weight excluding hydrogens is 311 g/mol. The number of ether oxygens (including phenoxy) is 1. The molecule has 0 aliphatic carbocycles. The normalized spacial score (nSPS) is 18.8. The third-order valence-electron chi connectivity index (χ3n) is 3.66. The van der Waals surface area contributed by atoms with Crippen molar-refractivity contribution < 1.29 is 13.7 Å². The summed E-state index contributed by atoms with van der Waals surface area (Å²) in [5, 5.41) is 7.27. The summed E-state index contributed by atoms with van der Waals surface area (Å²) in [5.74, 6) is 0.755. The summed E-state index contributed by atoms with van der Waals surface area (Å²) in [6.07, 6.45) is 0. The zero-order valence-corrected chi connectivity index (χ0v) is 13.2. The van der Waals surface area contributed by atoms with E-state index >= 15 is 0 Å². The highest BCUT2D eigenvalue weighted by Crippen LogP contribution is 2.27. The van der Waals surface area contributed by atoms with Gasteiger partial charge in [-0.15, -0.1) is 12.4 Å². The average Bonchev–Trinajstić information content (AvgIpc) is 2.97. The fourth-order valence-electron chi connectivity index (χ4n) is 2.37. The maximum Gasteiger partial charge on any atom is 0.260 e. The molecule has 1 saturated heterocycles. The summed E-state index contributed by atoms with van der Waals surface area (Å²) in [4.78, 5) is 6.48. The fourth-order valence-corrected chi connectivity index (χ4v) is 2.37. The third-order valence-corrected chi connectivity index (χ3v) is 3.66. The second-order valence-electron chi connectivity index (χ2n) is 5.00.